The van der Waals surface area contributed by atoms with Gasteiger partial charge in [0.1, 0.15) is 11.5 Å². The summed E-state index contributed by atoms with van der Waals surface area (Å²) in [7, 11) is 0. The van der Waals surface area contributed by atoms with Crippen LogP contribution in [0.25, 0.3) is 11.3 Å². The van der Waals surface area contributed by atoms with Crippen LogP contribution in [0.15, 0.2) is 59.6 Å². The zero-order chi connectivity index (χ0) is 21.8. The van der Waals surface area contributed by atoms with Crippen molar-refractivity contribution in [2.45, 2.75) is 33.6 Å². The van der Waals surface area contributed by atoms with Crippen LogP contribution in [0.2, 0.25) is 0 Å². The van der Waals surface area contributed by atoms with Gasteiger partial charge >= 0.3 is 0 Å². The van der Waals surface area contributed by atoms with Gasteiger partial charge in [-0.2, -0.15) is 0 Å². The van der Waals surface area contributed by atoms with Crippen LogP contribution in [0.4, 0.5) is 0 Å². The molecule has 0 unspecified atom stereocenters. The standard InChI is InChI=1S/C24H22N4O3/c1-4-17-5-6-19(30-24-9-16(3)31-28-24)11-20(17)22-14-26-18(12-27-22)10-23(29)21-13-25-8-7-15(21)2/h5-9,11-14H,4,10H2,1-3H3. The second kappa shape index (κ2) is 8.87. The average molecular weight is 414 g/mol. The molecule has 7 heteroatoms. The number of benzene rings is 1. The summed E-state index contributed by atoms with van der Waals surface area (Å²) in [6, 6.07) is 9.36. The number of hydrogen-bond acceptors (Lipinski definition) is 7. The van der Waals surface area contributed by atoms with Gasteiger partial charge in [0.15, 0.2) is 5.78 Å². The Labute approximate surface area is 180 Å². The van der Waals surface area contributed by atoms with Crippen LogP contribution in [0.1, 0.15) is 39.9 Å². The first kappa shape index (κ1) is 20.4. The molecular formula is C24H22N4O3. The van der Waals surface area contributed by atoms with E-state index in [0.717, 1.165) is 23.1 Å². The first-order chi connectivity index (χ1) is 15.0. The fourth-order valence-electron chi connectivity index (χ4n) is 3.28. The van der Waals surface area contributed by atoms with Crippen molar-refractivity contribution in [3.05, 3.63) is 83.3 Å². The van der Waals surface area contributed by atoms with Crippen molar-refractivity contribution in [2.24, 2.45) is 0 Å². The Balaban J connectivity index is 1.55. The van der Waals surface area contributed by atoms with E-state index in [1.807, 2.05) is 38.1 Å². The van der Waals surface area contributed by atoms with Gasteiger partial charge in [0.05, 0.1) is 24.0 Å². The van der Waals surface area contributed by atoms with Crippen molar-refractivity contribution >= 4 is 5.78 Å². The summed E-state index contributed by atoms with van der Waals surface area (Å²) in [6.45, 7) is 5.78. The predicted molar refractivity (Wildman–Crippen MR) is 115 cm³/mol. The first-order valence-corrected chi connectivity index (χ1v) is 10.0. The van der Waals surface area contributed by atoms with E-state index in [0.29, 0.717) is 34.3 Å². The number of ether oxygens (including phenoxy) is 1. The van der Waals surface area contributed by atoms with Crippen LogP contribution in [0.5, 0.6) is 11.6 Å². The van der Waals surface area contributed by atoms with Gasteiger partial charge < -0.3 is 9.26 Å². The second-order valence-corrected chi connectivity index (χ2v) is 7.23. The van der Waals surface area contributed by atoms with E-state index in [9.17, 15) is 4.79 Å². The van der Waals surface area contributed by atoms with E-state index in [-0.39, 0.29) is 12.2 Å². The third kappa shape index (κ3) is 4.66. The van der Waals surface area contributed by atoms with Crippen LogP contribution in [0.3, 0.4) is 0 Å². The van der Waals surface area contributed by atoms with Crippen LogP contribution in [-0.4, -0.2) is 25.9 Å². The smallest absolute Gasteiger partial charge is 0.259 e. The number of ketones is 1. The van der Waals surface area contributed by atoms with Crippen molar-refractivity contribution in [1.29, 1.82) is 0 Å². The third-order valence-corrected chi connectivity index (χ3v) is 4.95. The monoisotopic (exact) mass is 414 g/mol. The molecule has 7 nitrogen and oxygen atoms in total. The molecule has 0 atom stereocenters. The zero-order valence-corrected chi connectivity index (χ0v) is 17.6. The maximum atomic E-state index is 12.6. The Hall–Kier alpha value is -3.87. The maximum Gasteiger partial charge on any atom is 0.259 e. The highest BCUT2D eigenvalue weighted by atomic mass is 16.5. The second-order valence-electron chi connectivity index (χ2n) is 7.23. The highest BCUT2D eigenvalue weighted by Gasteiger charge is 2.13. The number of carbonyl (C=O) groups excluding carboxylic acids is 1. The molecule has 1 aromatic carbocycles. The van der Waals surface area contributed by atoms with E-state index in [1.165, 1.54) is 0 Å². The molecular weight excluding hydrogens is 392 g/mol. The predicted octanol–water partition coefficient (Wildman–Crippen LogP) is 4.92. The molecule has 4 rings (SSSR count). The molecule has 4 aromatic rings. The lowest BCUT2D eigenvalue weighted by atomic mass is 10.0. The number of Topliss-reactive ketones (excluding diaryl/α,β-unsaturated/α-hetero) is 1. The average Bonchev–Trinajstić information content (AvgIpc) is 3.19. The van der Waals surface area contributed by atoms with Crippen molar-refractivity contribution < 1.29 is 14.1 Å². The van der Waals surface area contributed by atoms with Gasteiger partial charge in [-0.1, -0.05) is 13.0 Å². The highest BCUT2D eigenvalue weighted by Crippen LogP contribution is 2.29. The molecule has 0 fully saturated rings. The molecule has 0 spiro atoms. The molecule has 3 heterocycles. The largest absolute Gasteiger partial charge is 0.436 e. The fraction of sp³-hybridized carbons (Fsp3) is 0.208. The summed E-state index contributed by atoms with van der Waals surface area (Å²) in [5, 5.41) is 3.86. The van der Waals surface area contributed by atoms with Crippen LogP contribution in [-0.2, 0) is 12.8 Å². The first-order valence-electron chi connectivity index (χ1n) is 10.0. The molecule has 0 amide bonds. The van der Waals surface area contributed by atoms with Gasteiger partial charge in [0, 0.05) is 35.8 Å². The highest BCUT2D eigenvalue weighted by molar-refractivity contribution is 5.98. The number of nitrogens with zero attached hydrogens (tertiary/aromatic N) is 4. The van der Waals surface area contributed by atoms with Gasteiger partial charge in [0.2, 0.25) is 0 Å². The lowest BCUT2D eigenvalue weighted by Gasteiger charge is -2.10. The fourth-order valence-corrected chi connectivity index (χ4v) is 3.28. The molecule has 31 heavy (non-hydrogen) atoms. The Kier molecular flexibility index (Phi) is 5.84. The topological polar surface area (TPSA) is 91.0 Å². The SMILES string of the molecule is CCc1ccc(Oc2cc(C)on2)cc1-c1cnc(CC(=O)c2cnccc2C)cn1. The Bertz CT molecular complexity index is 1220. The van der Waals surface area contributed by atoms with Gasteiger partial charge in [-0.05, 0) is 54.8 Å². The number of aryl methyl sites for hydroxylation is 3. The van der Waals surface area contributed by atoms with Gasteiger partial charge in [0.25, 0.3) is 5.88 Å². The van der Waals surface area contributed by atoms with E-state index in [2.05, 4.69) is 27.0 Å². The molecule has 3 aromatic heterocycles. The molecule has 0 radical (unpaired) electrons. The van der Waals surface area contributed by atoms with Crippen LogP contribution >= 0.6 is 0 Å². The molecule has 0 aliphatic heterocycles. The van der Waals surface area contributed by atoms with Crippen LogP contribution < -0.4 is 4.74 Å². The summed E-state index contributed by atoms with van der Waals surface area (Å²) in [4.78, 5) is 25.6. The Morgan fingerprint density at radius 1 is 1.06 bits per heavy atom. The van der Waals surface area contributed by atoms with Crippen molar-refractivity contribution in [1.82, 2.24) is 20.1 Å². The van der Waals surface area contributed by atoms with Crippen molar-refractivity contribution in [3.8, 4) is 22.9 Å². The Morgan fingerprint density at radius 3 is 2.61 bits per heavy atom. The quantitative estimate of drug-likeness (QED) is 0.396. The number of carbonyl (C=O) groups is 1. The summed E-state index contributed by atoms with van der Waals surface area (Å²) in [5.41, 5.74) is 4.88. The van der Waals surface area contributed by atoms with E-state index in [4.69, 9.17) is 9.26 Å². The molecule has 0 aliphatic rings. The molecule has 0 bridgehead atoms. The lowest BCUT2D eigenvalue weighted by Crippen LogP contribution is -2.08. The maximum absolute atomic E-state index is 12.6. The number of rotatable bonds is 7. The van der Waals surface area contributed by atoms with E-state index in [1.54, 1.807) is 30.9 Å². The lowest BCUT2D eigenvalue weighted by molar-refractivity contribution is 0.0991. The third-order valence-electron chi connectivity index (χ3n) is 4.95. The molecule has 0 saturated heterocycles. The van der Waals surface area contributed by atoms with Gasteiger partial charge in [-0.15, -0.1) is 0 Å². The number of hydrogen-bond donors (Lipinski definition) is 0. The minimum atomic E-state index is -0.0276. The van der Waals surface area contributed by atoms with Crippen molar-refractivity contribution in [2.75, 3.05) is 0 Å². The zero-order valence-electron chi connectivity index (χ0n) is 17.6. The number of aromatic nitrogens is 4. The van der Waals surface area contributed by atoms with Crippen LogP contribution in [0, 0.1) is 13.8 Å². The molecule has 0 aliphatic carbocycles. The molecule has 0 saturated carbocycles. The minimum Gasteiger partial charge on any atom is -0.436 e. The van der Waals surface area contributed by atoms with Gasteiger partial charge in [-0.3, -0.25) is 19.7 Å². The summed E-state index contributed by atoms with van der Waals surface area (Å²) < 4.78 is 10.8. The number of pyridine rings is 1. The minimum absolute atomic E-state index is 0.0276. The van der Waals surface area contributed by atoms with E-state index < -0.39 is 0 Å². The van der Waals surface area contributed by atoms with Crippen molar-refractivity contribution in [3.63, 3.8) is 0 Å². The van der Waals surface area contributed by atoms with E-state index >= 15 is 0 Å². The van der Waals surface area contributed by atoms with Gasteiger partial charge in [-0.25, -0.2) is 0 Å². The summed E-state index contributed by atoms with van der Waals surface area (Å²) in [6.07, 6.45) is 7.61. The Morgan fingerprint density at radius 2 is 1.94 bits per heavy atom. The normalized spacial score (nSPS) is 10.8. The molecule has 156 valence electrons. The molecule has 0 N–H and O–H groups in total. The summed E-state index contributed by atoms with van der Waals surface area (Å²) >= 11 is 0. The summed E-state index contributed by atoms with van der Waals surface area (Å²) in [5.74, 6) is 1.69.